The number of hydrogen-bond donors (Lipinski definition) is 2. The molecule has 114 valence electrons. The molecule has 20 heavy (non-hydrogen) atoms. The van der Waals surface area contributed by atoms with Crippen LogP contribution in [0.4, 0.5) is 5.69 Å². The number of hydrogen-bond acceptors (Lipinski definition) is 4. The molecule has 1 saturated heterocycles. The summed E-state index contributed by atoms with van der Waals surface area (Å²) < 4.78 is 0. The molecular formula is C13H21Cl2N3OS. The van der Waals surface area contributed by atoms with E-state index in [9.17, 15) is 4.79 Å². The number of nitrogens with zero attached hydrogens (tertiary/aromatic N) is 1. The molecule has 1 aliphatic rings. The summed E-state index contributed by atoms with van der Waals surface area (Å²) in [5, 5.41) is 6.20. The summed E-state index contributed by atoms with van der Waals surface area (Å²) >= 11 is 1.70. The molecule has 1 aliphatic heterocycles. The first-order chi connectivity index (χ1) is 8.78. The lowest BCUT2D eigenvalue weighted by molar-refractivity contribution is -0.117. The lowest BCUT2D eigenvalue weighted by atomic mass is 10.3. The fourth-order valence-electron chi connectivity index (χ4n) is 1.95. The van der Waals surface area contributed by atoms with Crippen molar-refractivity contribution >= 4 is 48.2 Å². The summed E-state index contributed by atoms with van der Waals surface area (Å²) in [6.07, 6.45) is 2.04. The average molecular weight is 338 g/mol. The maximum absolute atomic E-state index is 11.9. The lowest BCUT2D eigenvalue weighted by Crippen LogP contribution is -2.46. The summed E-state index contributed by atoms with van der Waals surface area (Å²) in [6.45, 7) is 4.30. The third kappa shape index (κ3) is 6.33. The van der Waals surface area contributed by atoms with Crippen LogP contribution in [0.15, 0.2) is 29.2 Å². The molecule has 1 heterocycles. The number of rotatable bonds is 4. The first-order valence-corrected chi connectivity index (χ1v) is 7.37. The average Bonchev–Trinajstić information content (AvgIpc) is 2.40. The van der Waals surface area contributed by atoms with Crippen LogP contribution in [0.25, 0.3) is 0 Å². The van der Waals surface area contributed by atoms with Gasteiger partial charge in [0.15, 0.2) is 0 Å². The fourth-order valence-corrected chi connectivity index (χ4v) is 2.36. The van der Waals surface area contributed by atoms with E-state index in [0.717, 1.165) is 31.9 Å². The maximum Gasteiger partial charge on any atom is 0.238 e. The van der Waals surface area contributed by atoms with E-state index in [1.54, 1.807) is 11.8 Å². The van der Waals surface area contributed by atoms with Gasteiger partial charge in [-0.3, -0.25) is 9.69 Å². The van der Waals surface area contributed by atoms with Crippen LogP contribution in [-0.2, 0) is 4.79 Å². The topological polar surface area (TPSA) is 44.4 Å². The van der Waals surface area contributed by atoms with E-state index < -0.39 is 0 Å². The van der Waals surface area contributed by atoms with Crippen molar-refractivity contribution in [1.82, 2.24) is 10.2 Å². The van der Waals surface area contributed by atoms with Gasteiger partial charge < -0.3 is 10.6 Å². The molecule has 2 rings (SSSR count). The minimum Gasteiger partial charge on any atom is -0.325 e. The Balaban J connectivity index is 0.00000180. The van der Waals surface area contributed by atoms with Gasteiger partial charge in [0, 0.05) is 36.8 Å². The third-order valence-electron chi connectivity index (χ3n) is 2.95. The Hall–Kier alpha value is -0.460. The Kier molecular flexibility index (Phi) is 10.1. The minimum atomic E-state index is 0. The summed E-state index contributed by atoms with van der Waals surface area (Å²) in [6, 6.07) is 7.93. The van der Waals surface area contributed by atoms with Crippen LogP contribution in [0.3, 0.4) is 0 Å². The van der Waals surface area contributed by atoms with Gasteiger partial charge in [-0.2, -0.15) is 0 Å². The number of halogens is 2. The maximum atomic E-state index is 11.9. The third-order valence-corrected chi connectivity index (χ3v) is 3.69. The highest BCUT2D eigenvalue weighted by Crippen LogP contribution is 2.17. The lowest BCUT2D eigenvalue weighted by Gasteiger charge is -2.26. The molecule has 2 N–H and O–H groups in total. The summed E-state index contributed by atoms with van der Waals surface area (Å²) in [5.74, 6) is 0.0637. The van der Waals surface area contributed by atoms with E-state index in [1.807, 2.05) is 30.5 Å². The molecule has 0 radical (unpaired) electrons. The largest absolute Gasteiger partial charge is 0.325 e. The van der Waals surface area contributed by atoms with Crippen LogP contribution in [0.5, 0.6) is 0 Å². The van der Waals surface area contributed by atoms with Crippen LogP contribution < -0.4 is 10.6 Å². The quantitative estimate of drug-likeness (QED) is 0.826. The van der Waals surface area contributed by atoms with Gasteiger partial charge in [0.1, 0.15) is 0 Å². The van der Waals surface area contributed by atoms with E-state index in [4.69, 9.17) is 0 Å². The van der Waals surface area contributed by atoms with Gasteiger partial charge in [-0.05, 0) is 30.5 Å². The molecule has 0 saturated carbocycles. The molecule has 0 bridgehead atoms. The molecule has 0 aromatic heterocycles. The van der Waals surface area contributed by atoms with E-state index in [1.165, 1.54) is 4.90 Å². The van der Waals surface area contributed by atoms with Gasteiger partial charge >= 0.3 is 0 Å². The van der Waals surface area contributed by atoms with Gasteiger partial charge in [0.25, 0.3) is 0 Å². The van der Waals surface area contributed by atoms with Crippen molar-refractivity contribution in [2.24, 2.45) is 0 Å². The van der Waals surface area contributed by atoms with Crippen LogP contribution in [-0.4, -0.2) is 49.8 Å². The molecular weight excluding hydrogens is 317 g/mol. The minimum absolute atomic E-state index is 0. The number of benzene rings is 1. The molecule has 1 aromatic carbocycles. The molecule has 1 fully saturated rings. The zero-order chi connectivity index (χ0) is 12.8. The van der Waals surface area contributed by atoms with E-state index >= 15 is 0 Å². The predicted molar refractivity (Wildman–Crippen MR) is 90.7 cm³/mol. The molecule has 1 amide bonds. The number of thioether (sulfide) groups is 1. The van der Waals surface area contributed by atoms with Crippen molar-refractivity contribution in [2.75, 3.05) is 44.3 Å². The zero-order valence-electron chi connectivity index (χ0n) is 11.4. The van der Waals surface area contributed by atoms with E-state index in [2.05, 4.69) is 15.5 Å². The normalized spacial score (nSPS) is 14.8. The highest BCUT2D eigenvalue weighted by molar-refractivity contribution is 7.98. The van der Waals surface area contributed by atoms with Crippen molar-refractivity contribution < 1.29 is 4.79 Å². The first kappa shape index (κ1) is 19.5. The van der Waals surface area contributed by atoms with Crippen molar-refractivity contribution in [1.29, 1.82) is 0 Å². The standard InChI is InChI=1S/C13H19N3OS.2ClH/c1-18-12-4-2-11(3-5-12)15-13(17)10-16-8-6-14-7-9-16;;/h2-5,14H,6-10H2,1H3,(H,15,17);2*1H. The van der Waals surface area contributed by atoms with Crippen LogP contribution in [0, 0.1) is 0 Å². The van der Waals surface area contributed by atoms with Crippen LogP contribution >= 0.6 is 36.6 Å². The second-order valence-corrected chi connectivity index (χ2v) is 5.18. The summed E-state index contributed by atoms with van der Waals surface area (Å²) in [7, 11) is 0. The summed E-state index contributed by atoms with van der Waals surface area (Å²) in [4.78, 5) is 15.2. The second-order valence-electron chi connectivity index (χ2n) is 4.30. The Bertz CT molecular complexity index is 397. The van der Waals surface area contributed by atoms with E-state index in [0.29, 0.717) is 6.54 Å². The Morgan fingerprint density at radius 3 is 2.40 bits per heavy atom. The predicted octanol–water partition coefficient (Wildman–Crippen LogP) is 2.10. The molecule has 4 nitrogen and oxygen atoms in total. The van der Waals surface area contributed by atoms with Crippen LogP contribution in [0.2, 0.25) is 0 Å². The molecule has 0 unspecified atom stereocenters. The van der Waals surface area contributed by atoms with E-state index in [-0.39, 0.29) is 30.7 Å². The van der Waals surface area contributed by atoms with Crippen molar-refractivity contribution in [3.8, 4) is 0 Å². The van der Waals surface area contributed by atoms with Gasteiger partial charge in [-0.15, -0.1) is 36.6 Å². The van der Waals surface area contributed by atoms with Crippen molar-refractivity contribution in [3.05, 3.63) is 24.3 Å². The number of carbonyl (C=O) groups is 1. The molecule has 0 spiro atoms. The fraction of sp³-hybridized carbons (Fsp3) is 0.462. The van der Waals surface area contributed by atoms with Crippen molar-refractivity contribution in [2.45, 2.75) is 4.90 Å². The molecule has 7 heteroatoms. The molecule has 1 aromatic rings. The number of anilines is 1. The summed E-state index contributed by atoms with van der Waals surface area (Å²) in [5.41, 5.74) is 0.868. The highest BCUT2D eigenvalue weighted by atomic mass is 35.5. The second kappa shape index (κ2) is 10.3. The number of nitrogens with one attached hydrogen (secondary N) is 2. The SMILES string of the molecule is CSc1ccc(NC(=O)CN2CCNCC2)cc1.Cl.Cl. The zero-order valence-corrected chi connectivity index (χ0v) is 13.9. The van der Waals surface area contributed by atoms with Gasteiger partial charge in [-0.1, -0.05) is 0 Å². The number of carbonyl (C=O) groups excluding carboxylic acids is 1. The van der Waals surface area contributed by atoms with Crippen LogP contribution in [0.1, 0.15) is 0 Å². The smallest absolute Gasteiger partial charge is 0.238 e. The Morgan fingerprint density at radius 2 is 1.85 bits per heavy atom. The number of amides is 1. The monoisotopic (exact) mass is 337 g/mol. The van der Waals surface area contributed by atoms with Gasteiger partial charge in [-0.25, -0.2) is 0 Å². The van der Waals surface area contributed by atoms with Gasteiger partial charge in [0.05, 0.1) is 6.54 Å². The van der Waals surface area contributed by atoms with Gasteiger partial charge in [0.2, 0.25) is 5.91 Å². The highest BCUT2D eigenvalue weighted by Gasteiger charge is 2.13. The van der Waals surface area contributed by atoms with Crippen molar-refractivity contribution in [3.63, 3.8) is 0 Å². The Morgan fingerprint density at radius 1 is 1.25 bits per heavy atom. The Labute approximate surface area is 136 Å². The number of piperazine rings is 1. The first-order valence-electron chi connectivity index (χ1n) is 6.15. The molecule has 0 aliphatic carbocycles. The molecule has 0 atom stereocenters.